The number of hydrogen-bond acceptors (Lipinski definition) is 4. The third kappa shape index (κ3) is 4.54. The van der Waals surface area contributed by atoms with Crippen LogP contribution < -0.4 is 10.1 Å². The van der Waals surface area contributed by atoms with Crippen molar-refractivity contribution in [3.05, 3.63) is 64.8 Å². The zero-order valence-corrected chi connectivity index (χ0v) is 17.4. The molecule has 0 bridgehead atoms. The smallest absolute Gasteiger partial charge is 0.272 e. The Hall–Kier alpha value is -3.41. The first-order chi connectivity index (χ1) is 13.8. The van der Waals surface area contributed by atoms with Gasteiger partial charge in [-0.25, -0.2) is 4.98 Å². The number of ether oxygens (including phenoxy) is 1. The van der Waals surface area contributed by atoms with Gasteiger partial charge in [0.05, 0.1) is 19.2 Å². The third-order valence-corrected chi connectivity index (χ3v) is 4.78. The van der Waals surface area contributed by atoms with Crippen LogP contribution in [0.3, 0.4) is 0 Å². The third-order valence-electron chi connectivity index (χ3n) is 4.78. The largest absolute Gasteiger partial charge is 0.497 e. The molecule has 6 heteroatoms. The highest BCUT2D eigenvalue weighted by atomic mass is 16.5. The van der Waals surface area contributed by atoms with Crippen LogP contribution in [-0.2, 0) is 4.79 Å². The Bertz CT molecular complexity index is 1070. The van der Waals surface area contributed by atoms with Gasteiger partial charge in [-0.3, -0.25) is 9.59 Å². The van der Waals surface area contributed by atoms with Gasteiger partial charge in [-0.05, 0) is 56.2 Å². The lowest BCUT2D eigenvalue weighted by molar-refractivity contribution is -0.116. The number of nitrogens with one attached hydrogen (secondary N) is 1. The second kappa shape index (κ2) is 8.31. The maximum atomic E-state index is 12.7. The Morgan fingerprint density at radius 1 is 1.03 bits per heavy atom. The first kappa shape index (κ1) is 20.3. The minimum absolute atomic E-state index is 0.0616. The number of aryl methyl sites for hydroxylation is 3. The molecule has 0 unspecified atom stereocenters. The second-order valence-electron chi connectivity index (χ2n) is 7.24. The Labute approximate surface area is 170 Å². The molecule has 3 rings (SSSR count). The fourth-order valence-electron chi connectivity index (χ4n) is 3.39. The van der Waals surface area contributed by atoms with Gasteiger partial charge in [-0.1, -0.05) is 23.8 Å². The number of nitrogens with zero attached hydrogens (tertiary/aromatic N) is 2. The van der Waals surface area contributed by atoms with E-state index in [4.69, 9.17) is 4.74 Å². The van der Waals surface area contributed by atoms with E-state index in [-0.39, 0.29) is 18.4 Å². The highest BCUT2D eigenvalue weighted by Crippen LogP contribution is 2.22. The molecule has 2 aromatic carbocycles. The zero-order chi connectivity index (χ0) is 21.1. The summed E-state index contributed by atoms with van der Waals surface area (Å²) in [6.07, 6.45) is 0. The molecule has 1 aromatic heterocycles. The van der Waals surface area contributed by atoms with Gasteiger partial charge in [0.2, 0.25) is 5.91 Å². The van der Waals surface area contributed by atoms with E-state index in [0.29, 0.717) is 11.2 Å². The van der Waals surface area contributed by atoms with Gasteiger partial charge in [0.25, 0.3) is 5.91 Å². The molecule has 3 aromatic rings. The average Bonchev–Trinajstić information content (AvgIpc) is 2.69. The Balaban J connectivity index is 1.71. The van der Waals surface area contributed by atoms with E-state index in [2.05, 4.69) is 10.3 Å². The fraction of sp³-hybridized carbons (Fsp3) is 0.261. The zero-order valence-electron chi connectivity index (χ0n) is 17.4. The number of benzene rings is 2. The summed E-state index contributed by atoms with van der Waals surface area (Å²) in [6.45, 7) is 5.87. The Morgan fingerprint density at radius 3 is 2.38 bits per heavy atom. The van der Waals surface area contributed by atoms with Gasteiger partial charge in [-0.15, -0.1) is 0 Å². The van der Waals surface area contributed by atoms with E-state index in [9.17, 15) is 9.59 Å². The van der Waals surface area contributed by atoms with E-state index in [0.717, 1.165) is 33.5 Å². The normalized spacial score (nSPS) is 10.7. The first-order valence-corrected chi connectivity index (χ1v) is 9.36. The topological polar surface area (TPSA) is 71.5 Å². The number of fused-ring (bicyclic) bond motifs is 1. The van der Waals surface area contributed by atoms with Crippen LogP contribution in [0.5, 0.6) is 5.75 Å². The van der Waals surface area contributed by atoms with Crippen LogP contribution in [0.15, 0.2) is 42.5 Å². The Kier molecular flexibility index (Phi) is 5.82. The van der Waals surface area contributed by atoms with Crippen LogP contribution in [0, 0.1) is 20.8 Å². The van der Waals surface area contributed by atoms with Crippen molar-refractivity contribution in [1.29, 1.82) is 0 Å². The summed E-state index contributed by atoms with van der Waals surface area (Å²) in [6, 6.07) is 13.0. The monoisotopic (exact) mass is 391 g/mol. The Morgan fingerprint density at radius 2 is 1.72 bits per heavy atom. The predicted octanol–water partition coefficient (Wildman–Crippen LogP) is 3.88. The van der Waals surface area contributed by atoms with Crippen molar-refractivity contribution in [1.82, 2.24) is 9.88 Å². The van der Waals surface area contributed by atoms with Crippen LogP contribution in [0.1, 0.15) is 27.2 Å². The number of pyridine rings is 1. The summed E-state index contributed by atoms with van der Waals surface area (Å²) in [5.74, 6) is 0.172. The standard InChI is InChI=1S/C23H25N3O3/c1-14-10-15(2)22(16(3)11-14)25-21(27)13-26(4)23(28)20-8-6-17-12-18(29-5)7-9-19(17)24-20/h6-12H,13H2,1-5H3,(H,25,27). The van der Waals surface area contributed by atoms with Gasteiger partial charge in [0.15, 0.2) is 0 Å². The minimum atomic E-state index is -0.310. The number of rotatable bonds is 5. The molecule has 0 aliphatic rings. The summed E-state index contributed by atoms with van der Waals surface area (Å²) >= 11 is 0. The predicted molar refractivity (Wildman–Crippen MR) is 115 cm³/mol. The summed E-state index contributed by atoms with van der Waals surface area (Å²) in [4.78, 5) is 31.0. The van der Waals surface area contributed by atoms with Gasteiger partial charge in [0, 0.05) is 18.1 Å². The first-order valence-electron chi connectivity index (χ1n) is 9.36. The number of aromatic nitrogens is 1. The van der Waals surface area contributed by atoms with Crippen LogP contribution in [0.25, 0.3) is 10.9 Å². The van der Waals surface area contributed by atoms with E-state index < -0.39 is 0 Å². The number of carbonyl (C=O) groups excluding carboxylic acids is 2. The molecule has 6 nitrogen and oxygen atoms in total. The number of amides is 2. The number of hydrogen-bond donors (Lipinski definition) is 1. The maximum Gasteiger partial charge on any atom is 0.272 e. The molecule has 0 spiro atoms. The molecule has 150 valence electrons. The second-order valence-corrected chi connectivity index (χ2v) is 7.24. The summed E-state index contributed by atoms with van der Waals surface area (Å²) in [5, 5.41) is 3.80. The van der Waals surface area contributed by atoms with E-state index in [1.165, 1.54) is 4.90 Å². The lowest BCUT2D eigenvalue weighted by Crippen LogP contribution is -2.35. The van der Waals surface area contributed by atoms with Crippen molar-refractivity contribution in [2.75, 3.05) is 26.0 Å². The highest BCUT2D eigenvalue weighted by Gasteiger charge is 2.18. The molecule has 0 saturated carbocycles. The lowest BCUT2D eigenvalue weighted by Gasteiger charge is -2.18. The highest BCUT2D eigenvalue weighted by molar-refractivity contribution is 6.00. The van der Waals surface area contributed by atoms with Gasteiger partial charge < -0.3 is 15.0 Å². The van der Waals surface area contributed by atoms with Gasteiger partial charge in [-0.2, -0.15) is 0 Å². The van der Waals surface area contributed by atoms with Crippen molar-refractivity contribution < 1.29 is 14.3 Å². The molecule has 0 atom stereocenters. The van der Waals surface area contributed by atoms with Crippen molar-refractivity contribution in [2.24, 2.45) is 0 Å². The molecule has 2 amide bonds. The van der Waals surface area contributed by atoms with Crippen molar-refractivity contribution in [3.63, 3.8) is 0 Å². The molecule has 1 N–H and O–H groups in total. The molecular formula is C23H25N3O3. The minimum Gasteiger partial charge on any atom is -0.497 e. The number of anilines is 1. The molecule has 29 heavy (non-hydrogen) atoms. The van der Waals surface area contributed by atoms with Crippen molar-refractivity contribution >= 4 is 28.4 Å². The molecule has 0 saturated heterocycles. The molecule has 0 aliphatic heterocycles. The van der Waals surface area contributed by atoms with Crippen LogP contribution in [-0.4, -0.2) is 42.4 Å². The number of likely N-dealkylation sites (N-methyl/N-ethyl adjacent to an activating group) is 1. The van der Waals surface area contributed by atoms with Crippen LogP contribution >= 0.6 is 0 Å². The van der Waals surface area contributed by atoms with Crippen molar-refractivity contribution in [3.8, 4) is 5.75 Å². The van der Waals surface area contributed by atoms with Gasteiger partial charge >= 0.3 is 0 Å². The SMILES string of the molecule is COc1ccc2nc(C(=O)N(C)CC(=O)Nc3c(C)cc(C)cc3C)ccc2c1. The van der Waals surface area contributed by atoms with E-state index >= 15 is 0 Å². The average molecular weight is 391 g/mol. The van der Waals surface area contributed by atoms with Crippen LogP contribution in [0.4, 0.5) is 5.69 Å². The van der Waals surface area contributed by atoms with E-state index in [1.807, 2.05) is 45.0 Å². The molecule has 0 radical (unpaired) electrons. The summed E-state index contributed by atoms with van der Waals surface area (Å²) in [7, 11) is 3.20. The summed E-state index contributed by atoms with van der Waals surface area (Å²) < 4.78 is 5.21. The molecule has 0 aliphatic carbocycles. The maximum absolute atomic E-state index is 12.7. The lowest BCUT2D eigenvalue weighted by atomic mass is 10.1. The summed E-state index contributed by atoms with van der Waals surface area (Å²) in [5.41, 5.74) is 4.92. The van der Waals surface area contributed by atoms with Crippen molar-refractivity contribution in [2.45, 2.75) is 20.8 Å². The molecule has 1 heterocycles. The van der Waals surface area contributed by atoms with E-state index in [1.54, 1.807) is 32.4 Å². The van der Waals surface area contributed by atoms with Gasteiger partial charge in [0.1, 0.15) is 11.4 Å². The van der Waals surface area contributed by atoms with Crippen LogP contribution in [0.2, 0.25) is 0 Å². The number of methoxy groups -OCH3 is 1. The quantitative estimate of drug-likeness (QED) is 0.716. The fourth-order valence-corrected chi connectivity index (χ4v) is 3.39. The molecular weight excluding hydrogens is 366 g/mol. The number of carbonyl (C=O) groups is 2. The molecule has 0 fully saturated rings.